The summed E-state index contributed by atoms with van der Waals surface area (Å²) in [4.78, 5) is 11.8. The third-order valence-electron chi connectivity index (χ3n) is 2.60. The Hall–Kier alpha value is -1.46. The van der Waals surface area contributed by atoms with Crippen LogP contribution in [-0.2, 0) is 11.2 Å². The quantitative estimate of drug-likeness (QED) is 0.854. The van der Waals surface area contributed by atoms with Crippen molar-refractivity contribution < 1.29 is 13.6 Å². The molecule has 0 radical (unpaired) electrons. The second-order valence-corrected chi connectivity index (χ2v) is 5.34. The van der Waals surface area contributed by atoms with E-state index in [1.165, 1.54) is 6.07 Å². The molecule has 0 heterocycles. The van der Waals surface area contributed by atoms with Gasteiger partial charge in [0, 0.05) is 15.1 Å². The average Bonchev–Trinajstić information content (AvgIpc) is 2.37. The van der Waals surface area contributed by atoms with Gasteiger partial charge in [0.15, 0.2) is 0 Å². The lowest BCUT2D eigenvalue weighted by molar-refractivity contribution is -0.115. The zero-order valence-electron chi connectivity index (χ0n) is 10.1. The van der Waals surface area contributed by atoms with Crippen LogP contribution in [-0.4, -0.2) is 5.91 Å². The average molecular weight is 361 g/mol. The van der Waals surface area contributed by atoms with Crippen molar-refractivity contribution in [2.45, 2.75) is 6.42 Å². The number of benzene rings is 2. The Morgan fingerprint density at radius 1 is 1.20 bits per heavy atom. The first-order valence-electron chi connectivity index (χ1n) is 5.65. The van der Waals surface area contributed by atoms with E-state index in [1.807, 2.05) is 0 Å². The zero-order chi connectivity index (χ0) is 14.7. The van der Waals surface area contributed by atoms with Gasteiger partial charge in [0.2, 0.25) is 5.91 Å². The van der Waals surface area contributed by atoms with E-state index >= 15 is 0 Å². The number of rotatable bonds is 3. The highest BCUT2D eigenvalue weighted by Crippen LogP contribution is 2.26. The molecule has 0 aromatic heterocycles. The molecule has 0 atom stereocenters. The van der Waals surface area contributed by atoms with E-state index in [1.54, 1.807) is 18.2 Å². The number of amides is 1. The molecule has 1 N–H and O–H groups in total. The predicted molar refractivity (Wildman–Crippen MR) is 77.8 cm³/mol. The molecule has 2 nitrogen and oxygen atoms in total. The van der Waals surface area contributed by atoms with Gasteiger partial charge >= 0.3 is 0 Å². The summed E-state index contributed by atoms with van der Waals surface area (Å²) >= 11 is 9.03. The lowest BCUT2D eigenvalue weighted by atomic mass is 10.1. The second kappa shape index (κ2) is 6.33. The second-order valence-electron chi connectivity index (χ2n) is 4.05. The summed E-state index contributed by atoms with van der Waals surface area (Å²) < 4.78 is 27.5. The summed E-state index contributed by atoms with van der Waals surface area (Å²) in [7, 11) is 0. The van der Waals surface area contributed by atoms with Gasteiger partial charge in [0.1, 0.15) is 11.6 Å². The minimum absolute atomic E-state index is 0.255. The molecular weight excluding hydrogens is 352 g/mol. The topological polar surface area (TPSA) is 29.1 Å². The van der Waals surface area contributed by atoms with Crippen LogP contribution in [0, 0.1) is 11.6 Å². The molecule has 20 heavy (non-hydrogen) atoms. The molecule has 2 aromatic carbocycles. The van der Waals surface area contributed by atoms with E-state index in [9.17, 15) is 13.6 Å². The molecule has 0 spiro atoms. The lowest BCUT2D eigenvalue weighted by Gasteiger charge is -2.09. The van der Waals surface area contributed by atoms with Crippen molar-refractivity contribution in [2.24, 2.45) is 0 Å². The fraction of sp³-hybridized carbons (Fsp3) is 0.0714. The summed E-state index contributed by atoms with van der Waals surface area (Å²) in [5.74, 6) is -2.00. The van der Waals surface area contributed by atoms with E-state index < -0.39 is 17.5 Å². The Morgan fingerprint density at radius 3 is 2.45 bits per heavy atom. The molecular formula is C14H9BrClF2NO. The van der Waals surface area contributed by atoms with E-state index in [4.69, 9.17) is 11.6 Å². The summed E-state index contributed by atoms with van der Waals surface area (Å²) in [5.41, 5.74) is 0.228. The summed E-state index contributed by atoms with van der Waals surface area (Å²) in [6.45, 7) is 0. The number of nitrogens with one attached hydrogen (secondary N) is 1. The maximum absolute atomic E-state index is 13.4. The number of carbonyl (C=O) groups is 1. The molecule has 104 valence electrons. The van der Waals surface area contributed by atoms with Crippen LogP contribution in [0.1, 0.15) is 5.56 Å². The molecule has 0 saturated carbocycles. The Kier molecular flexibility index (Phi) is 4.73. The fourth-order valence-electron chi connectivity index (χ4n) is 1.65. The lowest BCUT2D eigenvalue weighted by Crippen LogP contribution is -2.16. The molecule has 2 aromatic rings. The van der Waals surface area contributed by atoms with Crippen molar-refractivity contribution >= 4 is 39.1 Å². The molecule has 1 amide bonds. The van der Waals surface area contributed by atoms with Gasteiger partial charge in [-0.25, -0.2) is 8.78 Å². The van der Waals surface area contributed by atoms with E-state index in [-0.39, 0.29) is 12.0 Å². The highest BCUT2D eigenvalue weighted by atomic mass is 79.9. The van der Waals surface area contributed by atoms with E-state index in [2.05, 4.69) is 21.2 Å². The first kappa shape index (κ1) is 14.9. The first-order valence-corrected chi connectivity index (χ1v) is 6.82. The molecule has 0 aliphatic heterocycles. The van der Waals surface area contributed by atoms with Gasteiger partial charge in [-0.3, -0.25) is 4.79 Å². The largest absolute Gasteiger partial charge is 0.325 e. The van der Waals surface area contributed by atoms with Crippen molar-refractivity contribution in [1.29, 1.82) is 0 Å². The van der Waals surface area contributed by atoms with Crippen LogP contribution in [0.25, 0.3) is 0 Å². The molecule has 0 fully saturated rings. The SMILES string of the molecule is O=C(Cc1c(F)cccc1F)Nc1ccc(Cl)cc1Br. The van der Waals surface area contributed by atoms with E-state index in [0.717, 1.165) is 12.1 Å². The Labute approximate surface area is 127 Å². The van der Waals surface area contributed by atoms with Crippen molar-refractivity contribution in [1.82, 2.24) is 0 Å². The van der Waals surface area contributed by atoms with Gasteiger partial charge in [-0.2, -0.15) is 0 Å². The van der Waals surface area contributed by atoms with Crippen LogP contribution in [0.2, 0.25) is 5.02 Å². The van der Waals surface area contributed by atoms with Crippen LogP contribution in [0.15, 0.2) is 40.9 Å². The smallest absolute Gasteiger partial charge is 0.229 e. The Bertz CT molecular complexity index is 643. The minimum Gasteiger partial charge on any atom is -0.325 e. The summed E-state index contributed by atoms with van der Waals surface area (Å²) in [6, 6.07) is 8.30. The Morgan fingerprint density at radius 2 is 1.85 bits per heavy atom. The molecule has 0 saturated heterocycles. The third-order valence-corrected chi connectivity index (χ3v) is 3.50. The van der Waals surface area contributed by atoms with Crippen molar-refractivity contribution in [2.75, 3.05) is 5.32 Å². The van der Waals surface area contributed by atoms with Gasteiger partial charge in [-0.05, 0) is 46.3 Å². The molecule has 2 rings (SSSR count). The van der Waals surface area contributed by atoms with Gasteiger partial charge < -0.3 is 5.32 Å². The number of halogens is 4. The highest BCUT2D eigenvalue weighted by molar-refractivity contribution is 9.10. The molecule has 0 unspecified atom stereocenters. The van der Waals surface area contributed by atoms with Gasteiger partial charge in [-0.1, -0.05) is 17.7 Å². The normalized spacial score (nSPS) is 10.4. The molecule has 0 aliphatic carbocycles. The van der Waals surface area contributed by atoms with Gasteiger partial charge in [0.05, 0.1) is 12.1 Å². The number of anilines is 1. The van der Waals surface area contributed by atoms with Crippen LogP contribution < -0.4 is 5.32 Å². The number of hydrogen-bond acceptors (Lipinski definition) is 1. The van der Waals surface area contributed by atoms with Crippen molar-refractivity contribution in [3.05, 3.63) is 63.1 Å². The zero-order valence-corrected chi connectivity index (χ0v) is 12.4. The fourth-order valence-corrected chi connectivity index (χ4v) is 2.43. The first-order chi connectivity index (χ1) is 9.47. The monoisotopic (exact) mass is 359 g/mol. The number of carbonyl (C=O) groups excluding carboxylic acids is 1. The van der Waals surface area contributed by atoms with Crippen LogP contribution in [0.5, 0.6) is 0 Å². The standard InChI is InChI=1S/C14H9BrClF2NO/c15-10-6-8(16)4-5-13(10)19-14(20)7-9-11(17)2-1-3-12(9)18/h1-6H,7H2,(H,19,20). The highest BCUT2D eigenvalue weighted by Gasteiger charge is 2.14. The Balaban J connectivity index is 2.13. The van der Waals surface area contributed by atoms with Crippen LogP contribution >= 0.6 is 27.5 Å². The molecule has 6 heteroatoms. The van der Waals surface area contributed by atoms with Crippen molar-refractivity contribution in [3.63, 3.8) is 0 Å². The molecule has 0 aliphatic rings. The maximum atomic E-state index is 13.4. The van der Waals surface area contributed by atoms with Gasteiger partial charge in [0.25, 0.3) is 0 Å². The minimum atomic E-state index is -0.740. The van der Waals surface area contributed by atoms with Gasteiger partial charge in [-0.15, -0.1) is 0 Å². The summed E-state index contributed by atoms with van der Waals surface area (Å²) in [5, 5.41) is 3.07. The van der Waals surface area contributed by atoms with Crippen LogP contribution in [0.4, 0.5) is 14.5 Å². The predicted octanol–water partition coefficient (Wildman–Crippen LogP) is 4.56. The number of hydrogen-bond donors (Lipinski definition) is 1. The molecule has 0 bridgehead atoms. The van der Waals surface area contributed by atoms with E-state index in [0.29, 0.717) is 15.2 Å². The van der Waals surface area contributed by atoms with Crippen LogP contribution in [0.3, 0.4) is 0 Å². The van der Waals surface area contributed by atoms with Crippen molar-refractivity contribution in [3.8, 4) is 0 Å². The maximum Gasteiger partial charge on any atom is 0.229 e. The summed E-state index contributed by atoms with van der Waals surface area (Å²) in [6.07, 6.45) is -0.381. The third kappa shape index (κ3) is 3.55.